The zero-order valence-corrected chi connectivity index (χ0v) is 26.5. The molecular weight excluding hydrogens is 574 g/mol. The van der Waals surface area contributed by atoms with Gasteiger partial charge in [-0.1, -0.05) is 37.3 Å². The van der Waals surface area contributed by atoms with E-state index in [4.69, 9.17) is 21.7 Å². The van der Waals surface area contributed by atoms with Crippen molar-refractivity contribution in [3.8, 4) is 5.75 Å². The third-order valence-corrected chi connectivity index (χ3v) is 8.71. The maximum Gasteiger partial charge on any atom is 0.249 e. The first-order valence-electron chi connectivity index (χ1n) is 16.1. The zero-order valence-electron chi connectivity index (χ0n) is 26.5. The fourth-order valence-corrected chi connectivity index (χ4v) is 6.12. The van der Waals surface area contributed by atoms with Gasteiger partial charge in [0.15, 0.2) is 11.8 Å². The largest absolute Gasteiger partial charge is 0.508 e. The highest BCUT2D eigenvalue weighted by Crippen LogP contribution is 2.27. The van der Waals surface area contributed by atoms with Crippen molar-refractivity contribution in [3.05, 3.63) is 52.9 Å². The molecule has 0 radical (unpaired) electrons. The first kappa shape index (κ1) is 33.9. The fraction of sp³-hybridized carbons (Fsp3) is 0.594. The molecule has 1 aliphatic carbocycles. The van der Waals surface area contributed by atoms with Crippen LogP contribution in [0.15, 0.2) is 29.0 Å². The molecule has 2 heterocycles. The number of benzene rings is 1. The first-order valence-corrected chi connectivity index (χ1v) is 16.1. The first-order chi connectivity index (χ1) is 21.6. The lowest BCUT2D eigenvalue weighted by Crippen LogP contribution is -2.53. The van der Waals surface area contributed by atoms with Gasteiger partial charge < -0.3 is 42.0 Å². The van der Waals surface area contributed by atoms with E-state index in [0.29, 0.717) is 62.4 Å². The van der Waals surface area contributed by atoms with Crippen LogP contribution in [0.25, 0.3) is 0 Å². The number of nitrogen functional groups attached to an aromatic ring is 1. The molecular formula is C32H49N9O4. The van der Waals surface area contributed by atoms with Gasteiger partial charge in [0.2, 0.25) is 17.7 Å². The molecule has 0 unspecified atom stereocenters. The molecule has 13 heteroatoms. The third-order valence-electron chi connectivity index (χ3n) is 8.71. The number of amides is 2. The number of phenols is 1. The molecule has 0 saturated heterocycles. The minimum Gasteiger partial charge on any atom is -0.508 e. The summed E-state index contributed by atoms with van der Waals surface area (Å²) in [6, 6.07) is 0.939. The molecule has 9 N–H and O–H groups in total. The number of aromatic nitrogens is 4. The van der Waals surface area contributed by atoms with E-state index in [1.807, 2.05) is 13.8 Å². The lowest BCUT2D eigenvalue weighted by molar-refractivity contribution is -0.130. The van der Waals surface area contributed by atoms with Crippen LogP contribution in [0.4, 0.5) is 5.95 Å². The lowest BCUT2D eigenvalue weighted by atomic mass is 9.87. The van der Waals surface area contributed by atoms with Crippen LogP contribution in [0.5, 0.6) is 5.75 Å². The maximum atomic E-state index is 13.9. The highest BCUT2D eigenvalue weighted by atomic mass is 16.5. The van der Waals surface area contributed by atoms with Crippen LogP contribution in [0.2, 0.25) is 0 Å². The molecule has 13 nitrogen and oxygen atoms in total. The number of nitrogens with two attached hydrogens (primary N) is 3. The number of aryl methyl sites for hydroxylation is 3. The summed E-state index contributed by atoms with van der Waals surface area (Å²) in [6.45, 7) is 4.73. The maximum absolute atomic E-state index is 13.9. The predicted octanol–water partition coefficient (Wildman–Crippen LogP) is 2.72. The topological polar surface area (TPSA) is 213 Å². The van der Waals surface area contributed by atoms with Gasteiger partial charge in [-0.3, -0.25) is 9.59 Å². The van der Waals surface area contributed by atoms with Gasteiger partial charge in [-0.2, -0.15) is 4.98 Å². The van der Waals surface area contributed by atoms with Crippen molar-refractivity contribution in [1.82, 2.24) is 30.3 Å². The standard InChI is InChI=1S/C32H49N9O4/c1-20-16-23(42)17-21(2)24(20)19-27(38-29(43)25(34)10-7-14-41-15-13-36-32(41)35)30(44)37-26(11-6-12-33)31-39-28(40-45-31)18-22-8-4-3-5-9-22/h13,15-17,22,25-27,42H,3-12,14,18-19,33-34H2,1-2H3,(H2,35,36)(H,37,44)(H,38,43)/t25-,26+,27+/m1/s1. The number of carbonyl (C=O) groups is 2. The highest BCUT2D eigenvalue weighted by molar-refractivity contribution is 5.90. The molecule has 0 bridgehead atoms. The second-order valence-corrected chi connectivity index (χ2v) is 12.3. The molecule has 3 atom stereocenters. The Kier molecular flexibility index (Phi) is 12.3. The van der Waals surface area contributed by atoms with Crippen molar-refractivity contribution < 1.29 is 19.2 Å². The second kappa shape index (κ2) is 16.4. The molecule has 1 aliphatic rings. The van der Waals surface area contributed by atoms with E-state index in [2.05, 4.69) is 25.8 Å². The summed E-state index contributed by atoms with van der Waals surface area (Å²) < 4.78 is 7.44. The van der Waals surface area contributed by atoms with Gasteiger partial charge in [-0.25, -0.2) is 4.98 Å². The number of anilines is 1. The predicted molar refractivity (Wildman–Crippen MR) is 171 cm³/mol. The molecule has 3 aromatic rings. The van der Waals surface area contributed by atoms with E-state index in [0.717, 1.165) is 36.0 Å². The number of imidazole rings is 1. The quantitative estimate of drug-likeness (QED) is 0.137. The average Bonchev–Trinajstić information content (AvgIpc) is 3.65. The van der Waals surface area contributed by atoms with Crippen molar-refractivity contribution >= 4 is 17.8 Å². The molecule has 0 spiro atoms. The number of nitrogens with one attached hydrogen (secondary N) is 2. The number of aromatic hydroxyl groups is 1. The van der Waals surface area contributed by atoms with Crippen LogP contribution in [0.1, 0.15) is 92.2 Å². The van der Waals surface area contributed by atoms with Crippen LogP contribution >= 0.6 is 0 Å². The number of rotatable bonds is 16. The van der Waals surface area contributed by atoms with E-state index in [1.54, 1.807) is 29.1 Å². The minimum absolute atomic E-state index is 0.140. The van der Waals surface area contributed by atoms with E-state index in [-0.39, 0.29) is 12.2 Å². The van der Waals surface area contributed by atoms with E-state index in [9.17, 15) is 14.7 Å². The Bertz CT molecular complexity index is 1380. The van der Waals surface area contributed by atoms with Gasteiger partial charge in [0.05, 0.1) is 6.04 Å². The van der Waals surface area contributed by atoms with Gasteiger partial charge in [-0.05, 0) is 80.8 Å². The Labute approximate surface area is 264 Å². The van der Waals surface area contributed by atoms with E-state index < -0.39 is 29.9 Å². The number of hydrogen-bond acceptors (Lipinski definition) is 10. The summed E-state index contributed by atoms with van der Waals surface area (Å²) in [5.74, 6) is 1.22. The molecule has 246 valence electrons. The lowest BCUT2D eigenvalue weighted by Gasteiger charge is -2.24. The molecule has 1 saturated carbocycles. The monoisotopic (exact) mass is 623 g/mol. The van der Waals surface area contributed by atoms with Gasteiger partial charge in [0.25, 0.3) is 0 Å². The smallest absolute Gasteiger partial charge is 0.249 e. The van der Waals surface area contributed by atoms with Crippen molar-refractivity contribution in [1.29, 1.82) is 0 Å². The Morgan fingerprint density at radius 2 is 1.82 bits per heavy atom. The van der Waals surface area contributed by atoms with E-state index in [1.165, 1.54) is 19.3 Å². The summed E-state index contributed by atoms with van der Waals surface area (Å²) in [5, 5.41) is 20.2. The second-order valence-electron chi connectivity index (χ2n) is 12.3. The van der Waals surface area contributed by atoms with Gasteiger partial charge >= 0.3 is 0 Å². The van der Waals surface area contributed by atoms with Gasteiger partial charge in [0.1, 0.15) is 17.8 Å². The molecule has 2 amide bonds. The number of carbonyl (C=O) groups excluding carboxylic acids is 2. The van der Waals surface area contributed by atoms with Crippen LogP contribution < -0.4 is 27.8 Å². The molecule has 1 fully saturated rings. The third kappa shape index (κ3) is 9.76. The van der Waals surface area contributed by atoms with Crippen molar-refractivity contribution in [2.75, 3.05) is 12.3 Å². The fourth-order valence-electron chi connectivity index (χ4n) is 6.12. The van der Waals surface area contributed by atoms with Crippen LogP contribution in [-0.4, -0.2) is 55.2 Å². The Morgan fingerprint density at radius 3 is 2.49 bits per heavy atom. The van der Waals surface area contributed by atoms with Gasteiger partial charge in [-0.15, -0.1) is 0 Å². The van der Waals surface area contributed by atoms with Crippen molar-refractivity contribution in [3.63, 3.8) is 0 Å². The number of hydrogen-bond donors (Lipinski definition) is 6. The molecule has 4 rings (SSSR count). The minimum atomic E-state index is -0.945. The van der Waals surface area contributed by atoms with Crippen LogP contribution in [0.3, 0.4) is 0 Å². The molecule has 0 aliphatic heterocycles. The van der Waals surface area contributed by atoms with Crippen LogP contribution in [-0.2, 0) is 29.0 Å². The Balaban J connectivity index is 1.48. The molecule has 1 aromatic carbocycles. The number of phenolic OH excluding ortho intramolecular Hbond substituents is 1. The SMILES string of the molecule is Cc1cc(O)cc(C)c1C[C@H](NC(=O)[C@H](N)CCCn1ccnc1N)C(=O)N[C@@H](CCCN)c1nc(CC2CCCCC2)no1. The van der Waals surface area contributed by atoms with Crippen molar-refractivity contribution in [2.24, 2.45) is 17.4 Å². The summed E-state index contributed by atoms with van der Waals surface area (Å²) in [4.78, 5) is 35.9. The van der Waals surface area contributed by atoms with Crippen molar-refractivity contribution in [2.45, 2.75) is 109 Å². The highest BCUT2D eigenvalue weighted by Gasteiger charge is 2.29. The zero-order chi connectivity index (χ0) is 32.3. The summed E-state index contributed by atoms with van der Waals surface area (Å²) in [7, 11) is 0. The average molecular weight is 624 g/mol. The molecule has 2 aromatic heterocycles. The summed E-state index contributed by atoms with van der Waals surface area (Å²) >= 11 is 0. The molecule has 45 heavy (non-hydrogen) atoms. The van der Waals surface area contributed by atoms with E-state index >= 15 is 0 Å². The normalized spacial score (nSPS) is 15.8. The summed E-state index contributed by atoms with van der Waals surface area (Å²) in [5.41, 5.74) is 20.4. The summed E-state index contributed by atoms with van der Waals surface area (Å²) in [6.07, 6.45) is 12.5. The number of nitrogens with zero attached hydrogens (tertiary/aromatic N) is 4. The van der Waals surface area contributed by atoms with Crippen LogP contribution in [0, 0.1) is 19.8 Å². The Morgan fingerprint density at radius 1 is 1.09 bits per heavy atom. The van der Waals surface area contributed by atoms with Gasteiger partial charge in [0, 0.05) is 31.8 Å². The Hall–Kier alpha value is -3.97.